The van der Waals surface area contributed by atoms with Crippen LogP contribution in [0.2, 0.25) is 0 Å². The highest BCUT2D eigenvalue weighted by molar-refractivity contribution is 6.00. The molecule has 2 aromatic carbocycles. The lowest BCUT2D eigenvalue weighted by Crippen LogP contribution is -2.51. The van der Waals surface area contributed by atoms with Gasteiger partial charge in [0.05, 0.1) is 18.2 Å². The maximum atomic E-state index is 13.0. The molecule has 44 heavy (non-hydrogen) atoms. The number of fused-ring (bicyclic) bond motifs is 4. The van der Waals surface area contributed by atoms with Gasteiger partial charge in [0, 0.05) is 29.4 Å². The Hall–Kier alpha value is -4.35. The van der Waals surface area contributed by atoms with Gasteiger partial charge in [-0.15, -0.1) is 0 Å². The van der Waals surface area contributed by atoms with E-state index in [0.29, 0.717) is 35.3 Å². The number of rotatable bonds is 9. The van der Waals surface area contributed by atoms with Gasteiger partial charge in [-0.25, -0.2) is 4.98 Å². The molecule has 4 aliphatic heterocycles. The van der Waals surface area contributed by atoms with Crippen LogP contribution in [0.5, 0.6) is 0 Å². The monoisotopic (exact) mass is 594 g/mol. The van der Waals surface area contributed by atoms with Crippen LogP contribution in [0.4, 0.5) is 17.5 Å². The number of carbonyl (C=O) groups is 1. The van der Waals surface area contributed by atoms with E-state index in [1.54, 1.807) is 6.20 Å². The number of aliphatic hydroxyl groups excluding tert-OH is 1. The van der Waals surface area contributed by atoms with Crippen molar-refractivity contribution in [1.82, 2.24) is 29.9 Å². The lowest BCUT2D eigenvalue weighted by atomic mass is 9.71. The number of nitrogens with zero attached hydrogens (tertiary/aromatic N) is 6. The van der Waals surface area contributed by atoms with E-state index in [9.17, 15) is 9.90 Å². The lowest BCUT2D eigenvalue weighted by molar-refractivity contribution is 0.0635. The summed E-state index contributed by atoms with van der Waals surface area (Å²) >= 11 is 0. The van der Waals surface area contributed by atoms with E-state index in [-0.39, 0.29) is 17.9 Å². The Morgan fingerprint density at radius 1 is 1.02 bits per heavy atom. The smallest absolute Gasteiger partial charge is 0.263 e. The Balaban J connectivity index is 1.23. The van der Waals surface area contributed by atoms with Crippen molar-refractivity contribution < 1.29 is 14.4 Å². The minimum atomic E-state index is -0.426. The van der Waals surface area contributed by atoms with Gasteiger partial charge in [-0.3, -0.25) is 4.79 Å². The first-order valence-electron chi connectivity index (χ1n) is 15.4. The highest BCUT2D eigenvalue weighted by atomic mass is 16.5. The number of aromatic nitrogens is 4. The Bertz CT molecular complexity index is 1670. The molecule has 0 unspecified atom stereocenters. The number of nitrogens with one attached hydrogen (secondary N) is 2. The summed E-state index contributed by atoms with van der Waals surface area (Å²) in [7, 11) is 0. The van der Waals surface area contributed by atoms with E-state index in [4.69, 9.17) is 14.5 Å². The van der Waals surface area contributed by atoms with Gasteiger partial charge in [-0.1, -0.05) is 35.5 Å². The van der Waals surface area contributed by atoms with Crippen LogP contribution in [-0.2, 0) is 11.0 Å². The summed E-state index contributed by atoms with van der Waals surface area (Å²) in [4.78, 5) is 31.7. The SMILES string of the molecule is CCN1C(=O)c2ccc(Nc3ncc(-c4nc(C56CCN(CC5)CC6)no4)c(N[C@H](CO)c4ccccc4)n3)cc2C1(C)C. The van der Waals surface area contributed by atoms with E-state index in [1.165, 1.54) is 0 Å². The molecule has 11 nitrogen and oxygen atoms in total. The van der Waals surface area contributed by atoms with Gasteiger partial charge in [-0.05, 0) is 89.0 Å². The van der Waals surface area contributed by atoms with E-state index in [0.717, 1.165) is 61.5 Å². The molecule has 1 atom stereocenters. The molecule has 1 amide bonds. The molecule has 4 aromatic rings. The fourth-order valence-corrected chi connectivity index (χ4v) is 7.03. The Labute approximate surface area is 256 Å². The molecule has 0 saturated carbocycles. The third-order valence-electron chi connectivity index (χ3n) is 9.74. The van der Waals surface area contributed by atoms with Crippen LogP contribution in [0.3, 0.4) is 0 Å². The molecule has 228 valence electrons. The summed E-state index contributed by atoms with van der Waals surface area (Å²) < 4.78 is 5.86. The molecular weight excluding hydrogens is 556 g/mol. The molecule has 3 fully saturated rings. The third-order valence-corrected chi connectivity index (χ3v) is 9.74. The standard InChI is InChI=1S/C33H38N8O3/c1-4-41-29(43)23-11-10-22(18-25(23)32(41,2)3)35-31-34-19-24(27(37-31)36-26(20-42)21-8-6-5-7-9-21)28-38-30(39-44-28)33-12-15-40(16-13-33)17-14-33/h5-11,18-19,26,42H,4,12-17,20H2,1-3H3,(H2,34,35,36,37)/t26-/m1/s1. The molecule has 2 bridgehead atoms. The quantitative estimate of drug-likeness (QED) is 0.247. The summed E-state index contributed by atoms with van der Waals surface area (Å²) in [6.07, 6.45) is 4.75. The lowest BCUT2D eigenvalue weighted by Gasteiger charge is -2.46. The number of aliphatic hydroxyl groups is 1. The third kappa shape index (κ3) is 4.80. The van der Waals surface area contributed by atoms with Gasteiger partial charge in [0.2, 0.25) is 5.95 Å². The Morgan fingerprint density at radius 3 is 2.48 bits per heavy atom. The van der Waals surface area contributed by atoms with Crippen molar-refractivity contribution in [3.05, 3.63) is 77.2 Å². The number of benzene rings is 2. The molecular formula is C33H38N8O3. The minimum Gasteiger partial charge on any atom is -0.394 e. The number of anilines is 3. The number of piperidine rings is 3. The van der Waals surface area contributed by atoms with Gasteiger partial charge >= 0.3 is 0 Å². The molecule has 3 saturated heterocycles. The fraction of sp³-hybridized carbons (Fsp3) is 0.424. The topological polar surface area (TPSA) is 133 Å². The average molecular weight is 595 g/mol. The van der Waals surface area contributed by atoms with Crippen molar-refractivity contribution in [2.24, 2.45) is 0 Å². The average Bonchev–Trinajstić information content (AvgIpc) is 3.63. The predicted molar refractivity (Wildman–Crippen MR) is 167 cm³/mol. The Morgan fingerprint density at radius 2 is 1.77 bits per heavy atom. The van der Waals surface area contributed by atoms with Gasteiger partial charge in [-0.2, -0.15) is 9.97 Å². The van der Waals surface area contributed by atoms with Crippen LogP contribution >= 0.6 is 0 Å². The Kier molecular flexibility index (Phi) is 7.09. The van der Waals surface area contributed by atoms with Crippen molar-refractivity contribution in [3.63, 3.8) is 0 Å². The largest absolute Gasteiger partial charge is 0.394 e. The van der Waals surface area contributed by atoms with Crippen LogP contribution < -0.4 is 10.6 Å². The van der Waals surface area contributed by atoms with E-state index >= 15 is 0 Å². The van der Waals surface area contributed by atoms with Gasteiger partial charge < -0.3 is 30.1 Å². The summed E-state index contributed by atoms with van der Waals surface area (Å²) in [5, 5.41) is 21.5. The van der Waals surface area contributed by atoms with Gasteiger partial charge in [0.25, 0.3) is 11.8 Å². The van der Waals surface area contributed by atoms with Crippen molar-refractivity contribution in [2.75, 3.05) is 43.4 Å². The molecule has 0 spiro atoms. The summed E-state index contributed by atoms with van der Waals surface area (Å²) in [5.41, 5.74) is 3.44. The molecule has 2 aromatic heterocycles. The van der Waals surface area contributed by atoms with Gasteiger partial charge in [0.15, 0.2) is 5.82 Å². The maximum Gasteiger partial charge on any atom is 0.263 e. The maximum absolute atomic E-state index is 13.0. The van der Waals surface area contributed by atoms with Crippen molar-refractivity contribution in [1.29, 1.82) is 0 Å². The van der Waals surface area contributed by atoms with Crippen LogP contribution in [0, 0.1) is 0 Å². The zero-order valence-corrected chi connectivity index (χ0v) is 25.4. The molecule has 11 heteroatoms. The predicted octanol–water partition coefficient (Wildman–Crippen LogP) is 4.86. The molecule has 8 rings (SSSR count). The summed E-state index contributed by atoms with van der Waals surface area (Å²) in [6, 6.07) is 15.0. The second-order valence-electron chi connectivity index (χ2n) is 12.5. The minimum absolute atomic E-state index is 0.0411. The number of hydrogen-bond acceptors (Lipinski definition) is 10. The zero-order chi connectivity index (χ0) is 30.5. The van der Waals surface area contributed by atoms with E-state index in [1.807, 2.05) is 60.4 Å². The highest BCUT2D eigenvalue weighted by Crippen LogP contribution is 2.43. The first-order chi connectivity index (χ1) is 21.3. The van der Waals surface area contributed by atoms with Crippen LogP contribution in [-0.4, -0.2) is 73.7 Å². The highest BCUT2D eigenvalue weighted by Gasteiger charge is 2.44. The fourth-order valence-electron chi connectivity index (χ4n) is 7.03. The zero-order valence-electron chi connectivity index (χ0n) is 25.4. The van der Waals surface area contributed by atoms with Crippen molar-refractivity contribution in [2.45, 2.75) is 57.0 Å². The second-order valence-corrected chi connectivity index (χ2v) is 12.5. The molecule has 0 radical (unpaired) electrons. The second kappa shape index (κ2) is 11.0. The number of carbonyl (C=O) groups excluding carboxylic acids is 1. The van der Waals surface area contributed by atoms with Crippen LogP contribution in [0.25, 0.3) is 11.5 Å². The van der Waals surface area contributed by atoms with Gasteiger partial charge in [0.1, 0.15) is 11.4 Å². The van der Waals surface area contributed by atoms with Crippen LogP contribution in [0.15, 0.2) is 59.3 Å². The molecule has 4 aliphatic rings. The van der Waals surface area contributed by atoms with Crippen LogP contribution in [0.1, 0.15) is 73.4 Å². The number of hydrogen-bond donors (Lipinski definition) is 3. The normalized spacial score (nSPS) is 22.6. The van der Waals surface area contributed by atoms with E-state index < -0.39 is 11.6 Å². The summed E-state index contributed by atoms with van der Waals surface area (Å²) in [6.45, 7) is 9.77. The van der Waals surface area contributed by atoms with E-state index in [2.05, 4.69) is 39.5 Å². The molecule has 0 aliphatic carbocycles. The first kappa shape index (κ1) is 28.4. The molecule has 6 heterocycles. The van der Waals surface area contributed by atoms with Crippen molar-refractivity contribution >= 4 is 23.4 Å². The number of amides is 1. The summed E-state index contributed by atoms with van der Waals surface area (Å²) in [5.74, 6) is 1.95. The first-order valence-corrected chi connectivity index (χ1v) is 15.4. The van der Waals surface area contributed by atoms with Crippen molar-refractivity contribution in [3.8, 4) is 11.5 Å². The molecule has 3 N–H and O–H groups in total.